The summed E-state index contributed by atoms with van der Waals surface area (Å²) in [5.41, 5.74) is 5.64. The summed E-state index contributed by atoms with van der Waals surface area (Å²) in [4.78, 5) is 12.2. The Kier molecular flexibility index (Phi) is 4.75. The Morgan fingerprint density at radius 1 is 1.05 bits per heavy atom. The summed E-state index contributed by atoms with van der Waals surface area (Å²) in [5, 5.41) is 7.50. The second-order valence-electron chi connectivity index (χ2n) is 4.99. The lowest BCUT2D eigenvalue weighted by molar-refractivity contribution is 0.0950. The van der Waals surface area contributed by atoms with Crippen molar-refractivity contribution < 1.29 is 4.79 Å². The average Bonchev–Trinajstić information content (AvgIpc) is 3.02. The topological polar surface area (TPSA) is 53.5 Å². The van der Waals surface area contributed by atoms with Crippen molar-refractivity contribution in [2.24, 2.45) is 5.10 Å². The van der Waals surface area contributed by atoms with Gasteiger partial charge >= 0.3 is 0 Å². The molecule has 1 aliphatic heterocycles. The first kappa shape index (κ1) is 14.7. The van der Waals surface area contributed by atoms with Crippen LogP contribution < -0.4 is 10.7 Å². The minimum atomic E-state index is -0.0551. The SMILES string of the molecule is O=C(N[C@@H]1CSC/C1=N/Nc1ccccc1)c1ccccc1. The second-order valence-corrected chi connectivity index (χ2v) is 6.02. The molecule has 2 aromatic rings. The van der Waals surface area contributed by atoms with Crippen molar-refractivity contribution in [1.29, 1.82) is 0 Å². The van der Waals surface area contributed by atoms with Gasteiger partial charge in [-0.25, -0.2) is 0 Å². The van der Waals surface area contributed by atoms with E-state index in [4.69, 9.17) is 0 Å². The first-order valence-corrected chi connectivity index (χ1v) is 8.29. The van der Waals surface area contributed by atoms with Crippen molar-refractivity contribution >= 4 is 29.1 Å². The zero-order valence-corrected chi connectivity index (χ0v) is 12.8. The number of carbonyl (C=O) groups is 1. The fraction of sp³-hybridized carbons (Fsp3) is 0.176. The van der Waals surface area contributed by atoms with E-state index < -0.39 is 0 Å². The normalized spacial score (nSPS) is 19.1. The second kappa shape index (κ2) is 7.13. The standard InChI is InChI=1S/C17H17N3OS/c21-17(13-7-3-1-4-8-13)18-15-11-22-12-16(15)20-19-14-9-5-2-6-10-14/h1-10,15,19H,11-12H2,(H,18,21)/b20-16-/t15-/m1/s1. The molecule has 1 amide bonds. The maximum absolute atomic E-state index is 12.2. The van der Waals surface area contributed by atoms with E-state index in [9.17, 15) is 4.79 Å². The Morgan fingerprint density at radius 3 is 2.45 bits per heavy atom. The molecule has 22 heavy (non-hydrogen) atoms. The zero-order valence-electron chi connectivity index (χ0n) is 12.0. The van der Waals surface area contributed by atoms with Gasteiger partial charge < -0.3 is 5.32 Å². The molecule has 0 aliphatic carbocycles. The van der Waals surface area contributed by atoms with Crippen molar-refractivity contribution in [3.8, 4) is 0 Å². The lowest BCUT2D eigenvalue weighted by Crippen LogP contribution is -2.40. The molecule has 1 atom stereocenters. The molecule has 2 N–H and O–H groups in total. The van der Waals surface area contributed by atoms with E-state index in [1.165, 1.54) is 0 Å². The molecule has 2 aromatic carbocycles. The molecular weight excluding hydrogens is 294 g/mol. The van der Waals surface area contributed by atoms with Crippen molar-refractivity contribution in [3.63, 3.8) is 0 Å². The van der Waals surface area contributed by atoms with E-state index >= 15 is 0 Å². The summed E-state index contributed by atoms with van der Waals surface area (Å²) in [5.74, 6) is 1.63. The summed E-state index contributed by atoms with van der Waals surface area (Å²) in [6.07, 6.45) is 0. The van der Waals surface area contributed by atoms with Crippen LogP contribution in [-0.2, 0) is 0 Å². The van der Waals surface area contributed by atoms with E-state index in [0.717, 1.165) is 22.9 Å². The third kappa shape index (κ3) is 3.68. The predicted molar refractivity (Wildman–Crippen MR) is 92.5 cm³/mol. The van der Waals surface area contributed by atoms with Crippen LogP contribution in [0.2, 0.25) is 0 Å². The number of nitrogens with zero attached hydrogens (tertiary/aromatic N) is 1. The number of rotatable bonds is 4. The first-order valence-electron chi connectivity index (χ1n) is 7.14. The van der Waals surface area contributed by atoms with Crippen LogP contribution in [0.1, 0.15) is 10.4 Å². The molecule has 112 valence electrons. The number of carbonyl (C=O) groups excluding carboxylic acids is 1. The van der Waals surface area contributed by atoms with Crippen LogP contribution in [0.25, 0.3) is 0 Å². The summed E-state index contributed by atoms with van der Waals surface area (Å²) >= 11 is 1.78. The molecule has 0 aromatic heterocycles. The Labute approximate surface area is 134 Å². The van der Waals surface area contributed by atoms with Crippen LogP contribution in [0.4, 0.5) is 5.69 Å². The summed E-state index contributed by atoms with van der Waals surface area (Å²) in [6.45, 7) is 0. The van der Waals surface area contributed by atoms with Crippen LogP contribution in [-0.4, -0.2) is 29.2 Å². The number of hydrogen-bond acceptors (Lipinski definition) is 4. The van der Waals surface area contributed by atoms with Crippen LogP contribution in [0, 0.1) is 0 Å². The van der Waals surface area contributed by atoms with Gasteiger partial charge in [0.1, 0.15) is 0 Å². The highest BCUT2D eigenvalue weighted by Gasteiger charge is 2.25. The number of thioether (sulfide) groups is 1. The fourth-order valence-electron chi connectivity index (χ4n) is 2.19. The molecule has 5 heteroatoms. The van der Waals surface area contributed by atoms with Gasteiger partial charge in [-0.1, -0.05) is 36.4 Å². The summed E-state index contributed by atoms with van der Waals surface area (Å²) in [6, 6.07) is 19.1. The smallest absolute Gasteiger partial charge is 0.251 e. The molecule has 1 saturated heterocycles. The van der Waals surface area contributed by atoms with Crippen molar-refractivity contribution in [2.75, 3.05) is 16.9 Å². The van der Waals surface area contributed by atoms with Crippen LogP contribution >= 0.6 is 11.8 Å². The third-order valence-corrected chi connectivity index (χ3v) is 4.45. The fourth-order valence-corrected chi connectivity index (χ4v) is 3.30. The van der Waals surface area contributed by atoms with E-state index in [0.29, 0.717) is 5.56 Å². The number of nitrogens with one attached hydrogen (secondary N) is 2. The number of hydrazone groups is 1. The Hall–Kier alpha value is -2.27. The van der Waals surface area contributed by atoms with Gasteiger partial charge in [0.2, 0.25) is 0 Å². The molecule has 1 aliphatic rings. The highest BCUT2D eigenvalue weighted by Crippen LogP contribution is 2.17. The highest BCUT2D eigenvalue weighted by atomic mass is 32.2. The molecule has 0 saturated carbocycles. The van der Waals surface area contributed by atoms with E-state index in [1.54, 1.807) is 11.8 Å². The summed E-state index contributed by atoms with van der Waals surface area (Å²) < 4.78 is 0. The lowest BCUT2D eigenvalue weighted by Gasteiger charge is -2.13. The average molecular weight is 311 g/mol. The largest absolute Gasteiger partial charge is 0.343 e. The van der Waals surface area contributed by atoms with Gasteiger partial charge in [-0.05, 0) is 24.3 Å². The Morgan fingerprint density at radius 2 is 1.73 bits per heavy atom. The third-order valence-electron chi connectivity index (χ3n) is 3.38. The van der Waals surface area contributed by atoms with Gasteiger partial charge in [0.25, 0.3) is 5.91 Å². The first-order chi connectivity index (χ1) is 10.8. The number of para-hydroxylation sites is 1. The zero-order chi connectivity index (χ0) is 15.2. The molecule has 4 nitrogen and oxygen atoms in total. The molecule has 0 spiro atoms. The molecule has 1 fully saturated rings. The van der Waals surface area contributed by atoms with Gasteiger partial charge in [-0.3, -0.25) is 10.2 Å². The molecule has 0 unspecified atom stereocenters. The van der Waals surface area contributed by atoms with Gasteiger partial charge in [0.15, 0.2) is 0 Å². The summed E-state index contributed by atoms with van der Waals surface area (Å²) in [7, 11) is 0. The quantitative estimate of drug-likeness (QED) is 0.854. The van der Waals surface area contributed by atoms with Crippen LogP contribution in [0.5, 0.6) is 0 Å². The van der Waals surface area contributed by atoms with E-state index in [1.807, 2.05) is 60.7 Å². The molecule has 0 bridgehead atoms. The van der Waals surface area contributed by atoms with Gasteiger partial charge in [-0.15, -0.1) is 0 Å². The lowest BCUT2D eigenvalue weighted by atomic mass is 10.1. The predicted octanol–water partition coefficient (Wildman–Crippen LogP) is 3.00. The number of hydrogen-bond donors (Lipinski definition) is 2. The Bertz CT molecular complexity index is 658. The van der Waals surface area contributed by atoms with Gasteiger partial charge in [0.05, 0.1) is 17.4 Å². The van der Waals surface area contributed by atoms with Gasteiger partial charge in [-0.2, -0.15) is 16.9 Å². The molecule has 0 radical (unpaired) electrons. The molecule has 1 heterocycles. The number of amides is 1. The molecular formula is C17H17N3OS. The highest BCUT2D eigenvalue weighted by molar-refractivity contribution is 8.00. The van der Waals surface area contributed by atoms with Gasteiger partial charge in [0, 0.05) is 17.1 Å². The van der Waals surface area contributed by atoms with E-state index in [-0.39, 0.29) is 11.9 Å². The van der Waals surface area contributed by atoms with Crippen molar-refractivity contribution in [1.82, 2.24) is 5.32 Å². The number of anilines is 1. The van der Waals surface area contributed by atoms with E-state index in [2.05, 4.69) is 15.8 Å². The maximum atomic E-state index is 12.2. The van der Waals surface area contributed by atoms with Crippen LogP contribution in [0.15, 0.2) is 65.8 Å². The van der Waals surface area contributed by atoms with Crippen molar-refractivity contribution in [3.05, 3.63) is 66.2 Å². The van der Waals surface area contributed by atoms with Crippen LogP contribution in [0.3, 0.4) is 0 Å². The maximum Gasteiger partial charge on any atom is 0.251 e. The van der Waals surface area contributed by atoms with Crippen molar-refractivity contribution in [2.45, 2.75) is 6.04 Å². The number of benzene rings is 2. The molecule has 3 rings (SSSR count). The minimum Gasteiger partial charge on any atom is -0.343 e. The minimum absolute atomic E-state index is 0.0195. The monoisotopic (exact) mass is 311 g/mol. The Balaban J connectivity index is 1.64.